The molecule has 1 atom stereocenters. The van der Waals surface area contributed by atoms with Crippen LogP contribution in [0.25, 0.3) is 21.9 Å². The molecule has 1 fully saturated rings. The molecule has 50 heavy (non-hydrogen) atoms. The number of fused-ring (bicyclic) bond motifs is 5. The van der Waals surface area contributed by atoms with Crippen molar-refractivity contribution in [3.05, 3.63) is 59.2 Å². The fraction of sp³-hybridized carbons (Fsp3) is 0.405. The van der Waals surface area contributed by atoms with Crippen molar-refractivity contribution in [1.82, 2.24) is 14.9 Å². The topological polar surface area (TPSA) is 132 Å². The van der Waals surface area contributed by atoms with E-state index in [1.807, 2.05) is 0 Å². The van der Waals surface area contributed by atoms with Gasteiger partial charge in [0, 0.05) is 66.0 Å². The van der Waals surface area contributed by atoms with Gasteiger partial charge in [-0.25, -0.2) is 23.9 Å². The molecule has 4 aromatic rings. The van der Waals surface area contributed by atoms with Crippen molar-refractivity contribution in [2.75, 3.05) is 60.3 Å². The van der Waals surface area contributed by atoms with E-state index in [4.69, 9.17) is 9.47 Å². The first-order valence-corrected chi connectivity index (χ1v) is 16.9. The summed E-state index contributed by atoms with van der Waals surface area (Å²) in [6.07, 6.45) is 3.09. The minimum atomic E-state index is -1.16. The molecule has 0 spiro atoms. The van der Waals surface area contributed by atoms with Crippen molar-refractivity contribution in [3.63, 3.8) is 0 Å². The number of anilines is 5. The smallest absolute Gasteiger partial charge is 0.412 e. The molecule has 2 aromatic heterocycles. The number of halogens is 1. The zero-order valence-corrected chi connectivity index (χ0v) is 29.2. The molecule has 1 unspecified atom stereocenters. The number of ether oxygens (including phenoxy) is 2. The third-order valence-corrected chi connectivity index (χ3v) is 9.58. The largest absolute Gasteiger partial charge is 0.474 e. The number of benzene rings is 2. The first-order valence-electron chi connectivity index (χ1n) is 16.9. The van der Waals surface area contributed by atoms with Crippen LogP contribution in [0.4, 0.5) is 42.5 Å². The Labute approximate surface area is 290 Å². The molecule has 2 aromatic carbocycles. The van der Waals surface area contributed by atoms with Gasteiger partial charge in [0.1, 0.15) is 23.7 Å². The van der Waals surface area contributed by atoms with Gasteiger partial charge in [-0.15, -0.1) is 0 Å². The molecule has 0 radical (unpaired) electrons. The highest BCUT2D eigenvalue weighted by Crippen LogP contribution is 2.43. The maximum Gasteiger partial charge on any atom is 0.412 e. The molecule has 0 bridgehead atoms. The average Bonchev–Trinajstić information content (AvgIpc) is 3.05. The van der Waals surface area contributed by atoms with Gasteiger partial charge in [0.2, 0.25) is 5.88 Å². The molecule has 2 amide bonds. The molecule has 262 valence electrons. The third-order valence-electron chi connectivity index (χ3n) is 9.58. The summed E-state index contributed by atoms with van der Waals surface area (Å²) < 4.78 is 27.7. The van der Waals surface area contributed by atoms with Crippen LogP contribution < -0.4 is 25.2 Å². The van der Waals surface area contributed by atoms with Crippen LogP contribution in [0.2, 0.25) is 0 Å². The number of aryl methyl sites for hydroxylation is 2. The van der Waals surface area contributed by atoms with Gasteiger partial charge in [0.05, 0.1) is 12.2 Å². The van der Waals surface area contributed by atoms with Crippen LogP contribution in [0, 0.1) is 19.7 Å². The van der Waals surface area contributed by atoms with Gasteiger partial charge in [-0.2, -0.15) is 0 Å². The predicted octanol–water partition coefficient (Wildman–Crippen LogP) is 7.09. The minimum absolute atomic E-state index is 0.110. The van der Waals surface area contributed by atoms with Crippen molar-refractivity contribution in [3.8, 4) is 17.0 Å². The fourth-order valence-electron chi connectivity index (χ4n) is 7.41. The normalized spacial score (nSPS) is 17.4. The molecule has 1 saturated heterocycles. The highest BCUT2D eigenvalue weighted by molar-refractivity contribution is 6.04. The number of carbonyl (C=O) groups excluding carboxylic acids is 1. The average molecular weight is 684 g/mol. The Morgan fingerprint density at radius 3 is 2.60 bits per heavy atom. The maximum atomic E-state index is 16.6. The van der Waals surface area contributed by atoms with E-state index >= 15 is 4.39 Å². The number of carboxylic acid groups (broad SMARTS) is 1. The van der Waals surface area contributed by atoms with E-state index < -0.39 is 23.6 Å². The summed E-state index contributed by atoms with van der Waals surface area (Å²) in [6, 6.07) is 8.31. The van der Waals surface area contributed by atoms with Crippen molar-refractivity contribution in [1.29, 1.82) is 0 Å². The van der Waals surface area contributed by atoms with E-state index in [1.165, 1.54) is 29.2 Å². The zero-order chi connectivity index (χ0) is 35.5. The summed E-state index contributed by atoms with van der Waals surface area (Å²) in [4.78, 5) is 40.2. The van der Waals surface area contributed by atoms with Crippen LogP contribution >= 0.6 is 0 Å². The number of aromatic nitrogens is 2. The number of piperazine rings is 1. The van der Waals surface area contributed by atoms with Gasteiger partial charge in [-0.3, -0.25) is 10.2 Å². The Hall–Kier alpha value is -5.17. The lowest BCUT2D eigenvalue weighted by molar-refractivity contribution is 0.0635. The van der Waals surface area contributed by atoms with Gasteiger partial charge in [-0.1, -0.05) is 0 Å². The molecule has 3 aliphatic heterocycles. The Morgan fingerprint density at radius 2 is 1.84 bits per heavy atom. The lowest BCUT2D eigenvalue weighted by Crippen LogP contribution is -2.54. The molecule has 3 aliphatic rings. The van der Waals surface area contributed by atoms with Crippen LogP contribution in [0.5, 0.6) is 5.88 Å². The van der Waals surface area contributed by atoms with Gasteiger partial charge in [-0.05, 0) is 101 Å². The van der Waals surface area contributed by atoms with Gasteiger partial charge in [0.25, 0.3) is 0 Å². The first-order chi connectivity index (χ1) is 23.8. The summed E-state index contributed by atoms with van der Waals surface area (Å²) in [6.45, 7) is 12.4. The number of nitrogens with zero attached hydrogens (tertiary/aromatic N) is 5. The molecule has 3 N–H and O–H groups in total. The second kappa shape index (κ2) is 12.6. The molecular formula is C37H42FN7O5. The number of amides is 2. The van der Waals surface area contributed by atoms with E-state index in [0.29, 0.717) is 33.8 Å². The zero-order valence-electron chi connectivity index (χ0n) is 29.2. The molecular weight excluding hydrogens is 641 g/mol. The van der Waals surface area contributed by atoms with E-state index in [-0.39, 0.29) is 36.0 Å². The van der Waals surface area contributed by atoms with Gasteiger partial charge in [0.15, 0.2) is 5.82 Å². The number of pyridine rings is 2. The Bertz CT molecular complexity index is 2030. The Morgan fingerprint density at radius 1 is 1.04 bits per heavy atom. The van der Waals surface area contributed by atoms with E-state index in [9.17, 15) is 14.7 Å². The second-order valence-corrected chi connectivity index (χ2v) is 14.3. The lowest BCUT2D eigenvalue weighted by Gasteiger charge is -2.46. The number of rotatable bonds is 4. The SMILES string of the molecule is Cc1cc(Nc2cc3cc(-c4cnc5c(c4C)N(C(=O)O)CCO5)c(F)c(NC(=O)OC(C)(C)C)c3cn2)cc2c1N1CCN(C)CC1CC2. The van der Waals surface area contributed by atoms with Crippen molar-refractivity contribution in [2.24, 2.45) is 0 Å². The molecule has 0 aliphatic carbocycles. The van der Waals surface area contributed by atoms with Crippen molar-refractivity contribution < 1.29 is 28.6 Å². The summed E-state index contributed by atoms with van der Waals surface area (Å²) in [5, 5.41) is 16.9. The van der Waals surface area contributed by atoms with Crippen LogP contribution in [0.15, 0.2) is 36.7 Å². The van der Waals surface area contributed by atoms with E-state index in [2.05, 4.69) is 56.5 Å². The fourth-order valence-corrected chi connectivity index (χ4v) is 7.41. The van der Waals surface area contributed by atoms with Crippen molar-refractivity contribution >= 4 is 51.5 Å². The maximum absolute atomic E-state index is 16.6. The number of nitrogens with one attached hydrogen (secondary N) is 2. The number of hydrogen-bond acceptors (Lipinski definition) is 9. The van der Waals surface area contributed by atoms with E-state index in [1.54, 1.807) is 39.8 Å². The highest BCUT2D eigenvalue weighted by Gasteiger charge is 2.32. The summed E-state index contributed by atoms with van der Waals surface area (Å²) >= 11 is 0. The standard InChI is InChI=1S/C37H42FN7O5/c1-20-13-24(14-22-7-8-25-19-43(6)9-10-44(25)32(20)22)41-29-16-23-15-26(27-17-40-34-33(21(27)2)45(36(47)48)11-12-49-34)30(38)31(28(23)18-39-29)42-35(46)50-37(3,4)5/h13-18,25H,7-12,19H2,1-6H3,(H,39,41)(H,42,46)(H,47,48). The molecule has 12 nitrogen and oxygen atoms in total. The van der Waals surface area contributed by atoms with Crippen molar-refractivity contribution in [2.45, 2.75) is 59.1 Å². The predicted molar refractivity (Wildman–Crippen MR) is 192 cm³/mol. The molecule has 13 heteroatoms. The van der Waals surface area contributed by atoms with Gasteiger partial charge >= 0.3 is 12.2 Å². The molecule has 5 heterocycles. The number of likely N-dealkylation sites (N-methyl/N-ethyl adjacent to an activating group) is 1. The highest BCUT2D eigenvalue weighted by atomic mass is 19.1. The first kappa shape index (κ1) is 33.3. The number of carbonyl (C=O) groups is 2. The molecule has 7 rings (SSSR count). The third kappa shape index (κ3) is 6.21. The summed E-state index contributed by atoms with van der Waals surface area (Å²) in [5.41, 5.74) is 5.00. The Balaban J connectivity index is 1.30. The van der Waals surface area contributed by atoms with Crippen LogP contribution in [-0.4, -0.2) is 83.6 Å². The van der Waals surface area contributed by atoms with Crippen LogP contribution in [0.1, 0.15) is 43.9 Å². The van der Waals surface area contributed by atoms with Crippen LogP contribution in [0.3, 0.4) is 0 Å². The van der Waals surface area contributed by atoms with Gasteiger partial charge < -0.3 is 29.7 Å². The quantitative estimate of drug-likeness (QED) is 0.205. The second-order valence-electron chi connectivity index (χ2n) is 14.3. The van der Waals surface area contributed by atoms with Crippen LogP contribution in [-0.2, 0) is 11.2 Å². The Kier molecular flexibility index (Phi) is 8.41. The summed E-state index contributed by atoms with van der Waals surface area (Å²) in [5.74, 6) is -0.0362. The monoisotopic (exact) mass is 683 g/mol. The lowest BCUT2D eigenvalue weighted by atomic mass is 9.91. The minimum Gasteiger partial charge on any atom is -0.474 e. The van der Waals surface area contributed by atoms with E-state index in [0.717, 1.165) is 43.1 Å². The number of hydrogen-bond donors (Lipinski definition) is 3. The molecule has 0 saturated carbocycles. The summed E-state index contributed by atoms with van der Waals surface area (Å²) in [7, 11) is 2.18.